The van der Waals surface area contributed by atoms with Crippen LogP contribution in [0.4, 0.5) is 18.0 Å². The summed E-state index contributed by atoms with van der Waals surface area (Å²) < 4.78 is 36.5. The van der Waals surface area contributed by atoms with Crippen LogP contribution in [0, 0.1) is 5.92 Å². The van der Waals surface area contributed by atoms with Gasteiger partial charge in [0.15, 0.2) is 0 Å². The molecule has 1 aliphatic heterocycles. The Balaban J connectivity index is 1.97. The molecule has 2 amide bonds. The second kappa shape index (κ2) is 6.20. The standard InChI is InChI=1S/C13H21F3N2O2/c14-13(15,16)8-17-12(20)18-7-2-1-5-10(18)9-4-3-6-11(9)19/h9-11,19H,1-8H2,(H,17,20). The topological polar surface area (TPSA) is 52.6 Å². The van der Waals surface area contributed by atoms with Crippen LogP contribution in [0.5, 0.6) is 0 Å². The molecule has 1 saturated carbocycles. The van der Waals surface area contributed by atoms with Gasteiger partial charge < -0.3 is 15.3 Å². The first-order valence-corrected chi connectivity index (χ1v) is 7.18. The van der Waals surface area contributed by atoms with Gasteiger partial charge in [0.05, 0.1) is 6.10 Å². The van der Waals surface area contributed by atoms with E-state index in [1.807, 2.05) is 5.32 Å². The number of carbonyl (C=O) groups excluding carboxylic acids is 1. The van der Waals surface area contributed by atoms with E-state index in [2.05, 4.69) is 0 Å². The number of hydrogen-bond acceptors (Lipinski definition) is 2. The normalized spacial score (nSPS) is 31.4. The minimum absolute atomic E-state index is 0.00642. The first kappa shape index (κ1) is 15.4. The molecular formula is C13H21F3N2O2. The molecular weight excluding hydrogens is 273 g/mol. The highest BCUT2D eigenvalue weighted by Crippen LogP contribution is 2.35. The Hall–Kier alpha value is -0.980. The molecule has 0 aromatic carbocycles. The van der Waals surface area contributed by atoms with Crippen LogP contribution in [-0.4, -0.2) is 47.4 Å². The highest BCUT2D eigenvalue weighted by Gasteiger charge is 2.39. The van der Waals surface area contributed by atoms with Crippen molar-refractivity contribution in [1.29, 1.82) is 0 Å². The van der Waals surface area contributed by atoms with Crippen LogP contribution in [0.25, 0.3) is 0 Å². The number of amides is 2. The van der Waals surface area contributed by atoms with Crippen molar-refractivity contribution < 1.29 is 23.1 Å². The number of hydrogen-bond donors (Lipinski definition) is 2. The maximum Gasteiger partial charge on any atom is 0.405 e. The number of urea groups is 1. The molecule has 3 atom stereocenters. The molecule has 1 heterocycles. The molecule has 116 valence electrons. The van der Waals surface area contributed by atoms with Crippen LogP contribution in [0.3, 0.4) is 0 Å². The lowest BCUT2D eigenvalue weighted by atomic mass is 9.88. The third kappa shape index (κ3) is 3.77. The molecule has 3 unspecified atom stereocenters. The molecule has 0 aromatic heterocycles. The molecule has 4 nitrogen and oxygen atoms in total. The molecule has 20 heavy (non-hydrogen) atoms. The number of piperidine rings is 1. The fourth-order valence-electron chi connectivity index (χ4n) is 3.35. The summed E-state index contributed by atoms with van der Waals surface area (Å²) >= 11 is 0. The summed E-state index contributed by atoms with van der Waals surface area (Å²) in [5, 5.41) is 11.9. The number of halogens is 3. The SMILES string of the molecule is O=C(NCC(F)(F)F)N1CCCCC1C1CCCC1O. The Morgan fingerprint density at radius 2 is 1.95 bits per heavy atom. The van der Waals surface area contributed by atoms with Crippen molar-refractivity contribution in [3.63, 3.8) is 0 Å². The van der Waals surface area contributed by atoms with Gasteiger partial charge in [-0.25, -0.2) is 4.79 Å². The van der Waals surface area contributed by atoms with Crippen molar-refractivity contribution in [2.75, 3.05) is 13.1 Å². The van der Waals surface area contributed by atoms with Crippen LogP contribution in [-0.2, 0) is 0 Å². The van der Waals surface area contributed by atoms with E-state index < -0.39 is 24.9 Å². The highest BCUT2D eigenvalue weighted by atomic mass is 19.4. The maximum atomic E-state index is 12.2. The zero-order valence-electron chi connectivity index (χ0n) is 11.3. The fraction of sp³-hybridized carbons (Fsp3) is 0.923. The third-order valence-electron chi connectivity index (χ3n) is 4.28. The number of likely N-dealkylation sites (tertiary alicyclic amines) is 1. The average molecular weight is 294 g/mol. The van der Waals surface area contributed by atoms with E-state index in [1.54, 1.807) is 0 Å². The Bertz CT molecular complexity index is 349. The summed E-state index contributed by atoms with van der Waals surface area (Å²) in [6, 6.07) is -0.791. The van der Waals surface area contributed by atoms with E-state index in [0.29, 0.717) is 6.54 Å². The van der Waals surface area contributed by atoms with Crippen molar-refractivity contribution in [3.05, 3.63) is 0 Å². The summed E-state index contributed by atoms with van der Waals surface area (Å²) in [7, 11) is 0. The lowest BCUT2D eigenvalue weighted by molar-refractivity contribution is -0.123. The summed E-state index contributed by atoms with van der Waals surface area (Å²) in [5.74, 6) is 0.00642. The summed E-state index contributed by atoms with van der Waals surface area (Å²) in [4.78, 5) is 13.4. The quantitative estimate of drug-likeness (QED) is 0.821. The number of aliphatic hydroxyl groups is 1. The second-order valence-corrected chi connectivity index (χ2v) is 5.69. The van der Waals surface area contributed by atoms with Gasteiger partial charge in [-0.2, -0.15) is 13.2 Å². The minimum Gasteiger partial charge on any atom is -0.393 e. The number of alkyl halides is 3. The van der Waals surface area contributed by atoms with Gasteiger partial charge in [0.2, 0.25) is 0 Å². The zero-order chi connectivity index (χ0) is 14.8. The van der Waals surface area contributed by atoms with Gasteiger partial charge in [0, 0.05) is 18.5 Å². The lowest BCUT2D eigenvalue weighted by Gasteiger charge is -2.40. The molecule has 0 aromatic rings. The number of aliphatic hydroxyl groups excluding tert-OH is 1. The van der Waals surface area contributed by atoms with Crippen molar-refractivity contribution in [2.24, 2.45) is 5.92 Å². The number of nitrogens with zero attached hydrogens (tertiary/aromatic N) is 1. The molecule has 2 rings (SSSR count). The molecule has 2 N–H and O–H groups in total. The van der Waals surface area contributed by atoms with Crippen LogP contribution in [0.15, 0.2) is 0 Å². The van der Waals surface area contributed by atoms with Gasteiger partial charge in [0.1, 0.15) is 6.54 Å². The predicted octanol–water partition coefficient (Wildman–Crippen LogP) is 2.27. The zero-order valence-corrected chi connectivity index (χ0v) is 11.3. The molecule has 7 heteroatoms. The van der Waals surface area contributed by atoms with E-state index in [1.165, 1.54) is 4.90 Å². The Labute approximate surface area is 116 Å². The van der Waals surface area contributed by atoms with E-state index >= 15 is 0 Å². The lowest BCUT2D eigenvalue weighted by Crippen LogP contribution is -2.53. The van der Waals surface area contributed by atoms with E-state index in [-0.39, 0.29) is 12.0 Å². The molecule has 1 saturated heterocycles. The summed E-state index contributed by atoms with van der Waals surface area (Å²) in [6.07, 6.45) is 0.176. The summed E-state index contributed by atoms with van der Waals surface area (Å²) in [6.45, 7) is -0.833. The first-order chi connectivity index (χ1) is 9.38. The molecule has 0 radical (unpaired) electrons. The molecule has 0 bridgehead atoms. The summed E-state index contributed by atoms with van der Waals surface area (Å²) in [5.41, 5.74) is 0. The van der Waals surface area contributed by atoms with Crippen molar-refractivity contribution >= 4 is 6.03 Å². The van der Waals surface area contributed by atoms with Crippen molar-refractivity contribution in [1.82, 2.24) is 10.2 Å². The largest absolute Gasteiger partial charge is 0.405 e. The monoisotopic (exact) mass is 294 g/mol. The van der Waals surface area contributed by atoms with Gasteiger partial charge in [-0.05, 0) is 32.1 Å². The maximum absolute atomic E-state index is 12.2. The molecule has 2 fully saturated rings. The van der Waals surface area contributed by atoms with E-state index in [0.717, 1.165) is 38.5 Å². The van der Waals surface area contributed by atoms with Crippen LogP contribution < -0.4 is 5.32 Å². The highest BCUT2D eigenvalue weighted by molar-refractivity contribution is 5.74. The van der Waals surface area contributed by atoms with Crippen molar-refractivity contribution in [2.45, 2.75) is 56.8 Å². The molecule has 0 spiro atoms. The van der Waals surface area contributed by atoms with Gasteiger partial charge in [-0.3, -0.25) is 0 Å². The predicted molar refractivity (Wildman–Crippen MR) is 67.1 cm³/mol. The molecule has 1 aliphatic carbocycles. The van der Waals surface area contributed by atoms with E-state index in [4.69, 9.17) is 0 Å². The smallest absolute Gasteiger partial charge is 0.393 e. The van der Waals surface area contributed by atoms with Crippen LogP contribution >= 0.6 is 0 Å². The van der Waals surface area contributed by atoms with Crippen molar-refractivity contribution in [3.8, 4) is 0 Å². The minimum atomic E-state index is -4.40. The van der Waals surface area contributed by atoms with Gasteiger partial charge in [0.25, 0.3) is 0 Å². The van der Waals surface area contributed by atoms with Gasteiger partial charge >= 0.3 is 12.2 Å². The Morgan fingerprint density at radius 1 is 1.20 bits per heavy atom. The van der Waals surface area contributed by atoms with Crippen LogP contribution in [0.2, 0.25) is 0 Å². The first-order valence-electron chi connectivity index (χ1n) is 7.18. The Kier molecular flexibility index (Phi) is 4.78. The number of rotatable bonds is 2. The number of nitrogens with one attached hydrogen (secondary N) is 1. The van der Waals surface area contributed by atoms with Gasteiger partial charge in [-0.1, -0.05) is 6.42 Å². The number of carbonyl (C=O) groups is 1. The van der Waals surface area contributed by atoms with Crippen LogP contribution in [0.1, 0.15) is 38.5 Å². The third-order valence-corrected chi connectivity index (χ3v) is 4.28. The van der Waals surface area contributed by atoms with Gasteiger partial charge in [-0.15, -0.1) is 0 Å². The fourth-order valence-corrected chi connectivity index (χ4v) is 3.35. The average Bonchev–Trinajstić information content (AvgIpc) is 2.81. The second-order valence-electron chi connectivity index (χ2n) is 5.69. The van der Waals surface area contributed by atoms with E-state index in [9.17, 15) is 23.1 Å². The molecule has 2 aliphatic rings. The Morgan fingerprint density at radius 3 is 2.55 bits per heavy atom.